The Morgan fingerprint density at radius 1 is 1.26 bits per heavy atom. The van der Waals surface area contributed by atoms with Crippen molar-refractivity contribution in [1.82, 2.24) is 15.3 Å². The van der Waals surface area contributed by atoms with Gasteiger partial charge >= 0.3 is 0 Å². The van der Waals surface area contributed by atoms with E-state index >= 15 is 0 Å². The Labute approximate surface area is 159 Å². The third-order valence-corrected chi connectivity index (χ3v) is 4.69. The van der Waals surface area contributed by atoms with E-state index in [4.69, 9.17) is 0 Å². The molecular formula is C21H25FN4O. The van der Waals surface area contributed by atoms with Crippen LogP contribution in [0, 0.1) is 5.82 Å². The van der Waals surface area contributed by atoms with E-state index in [1.54, 1.807) is 24.5 Å². The second kappa shape index (κ2) is 9.26. The number of nitrogens with one attached hydrogen (secondary N) is 1. The van der Waals surface area contributed by atoms with Crippen molar-refractivity contribution in [3.8, 4) is 0 Å². The lowest BCUT2D eigenvalue weighted by Gasteiger charge is -2.24. The smallest absolute Gasteiger partial charge is 0.267 e. The molecule has 0 aliphatic carbocycles. The van der Waals surface area contributed by atoms with Crippen LogP contribution >= 0.6 is 0 Å². The fourth-order valence-electron chi connectivity index (χ4n) is 3.22. The van der Waals surface area contributed by atoms with Crippen molar-refractivity contribution in [2.24, 2.45) is 5.10 Å². The normalized spacial score (nSPS) is 16.3. The first-order chi connectivity index (χ1) is 13.2. The fourth-order valence-corrected chi connectivity index (χ4v) is 3.22. The summed E-state index contributed by atoms with van der Waals surface area (Å²) < 4.78 is 14.3. The van der Waals surface area contributed by atoms with Gasteiger partial charge in [-0.1, -0.05) is 44.0 Å². The van der Waals surface area contributed by atoms with E-state index in [2.05, 4.69) is 22.3 Å². The number of amides is 1. The Bertz CT molecular complexity index is 794. The molecule has 3 rings (SSSR count). The van der Waals surface area contributed by atoms with Gasteiger partial charge in [0.25, 0.3) is 5.91 Å². The van der Waals surface area contributed by atoms with Gasteiger partial charge in [0.1, 0.15) is 11.5 Å². The van der Waals surface area contributed by atoms with Crippen molar-refractivity contribution in [3.63, 3.8) is 0 Å². The molecule has 0 fully saturated rings. The van der Waals surface area contributed by atoms with Gasteiger partial charge in [-0.3, -0.25) is 14.8 Å². The molecule has 1 unspecified atom stereocenters. The Balaban J connectivity index is 1.70. The van der Waals surface area contributed by atoms with E-state index in [9.17, 15) is 9.18 Å². The van der Waals surface area contributed by atoms with Crippen LogP contribution in [0.4, 0.5) is 4.39 Å². The first kappa shape index (κ1) is 19.0. The molecule has 0 radical (unpaired) electrons. The summed E-state index contributed by atoms with van der Waals surface area (Å²) in [5, 5.41) is 9.28. The molecule has 1 atom stereocenters. The van der Waals surface area contributed by atoms with Gasteiger partial charge in [-0.2, -0.15) is 5.10 Å². The topological polar surface area (TPSA) is 57.6 Å². The number of benzene rings is 1. The Kier molecular flexibility index (Phi) is 6.52. The van der Waals surface area contributed by atoms with E-state index in [-0.39, 0.29) is 17.8 Å². The largest absolute Gasteiger partial charge is 0.347 e. The standard InChI is InChI=1S/C21H25FN4O/c1-2-3-6-12-26-20(17-9-4-5-10-18(17)22)13-19(25-26)21(27)24-15-16-8-7-11-23-14-16/h4-5,7-11,14,20H,2-3,6,12-13,15H2,1H3,(H,24,27). The molecule has 1 aromatic heterocycles. The Morgan fingerprint density at radius 3 is 2.85 bits per heavy atom. The molecule has 1 amide bonds. The maximum absolute atomic E-state index is 14.3. The number of rotatable bonds is 8. The molecule has 6 heteroatoms. The highest BCUT2D eigenvalue weighted by Gasteiger charge is 2.32. The van der Waals surface area contributed by atoms with Gasteiger partial charge in [0, 0.05) is 37.5 Å². The predicted octanol–water partition coefficient (Wildman–Crippen LogP) is 3.83. The van der Waals surface area contributed by atoms with E-state index in [0.717, 1.165) is 24.8 Å². The maximum atomic E-state index is 14.3. The average Bonchev–Trinajstić information content (AvgIpc) is 3.11. The number of pyridine rings is 1. The average molecular weight is 368 g/mol. The number of halogens is 1. The summed E-state index contributed by atoms with van der Waals surface area (Å²) in [6.07, 6.45) is 6.97. The number of carbonyl (C=O) groups is 1. The molecule has 2 heterocycles. The second-order valence-corrected chi connectivity index (χ2v) is 6.70. The van der Waals surface area contributed by atoms with Crippen molar-refractivity contribution in [2.75, 3.05) is 6.54 Å². The van der Waals surface area contributed by atoms with Crippen LogP contribution < -0.4 is 5.32 Å². The molecule has 1 aliphatic rings. The lowest BCUT2D eigenvalue weighted by Crippen LogP contribution is -2.29. The molecule has 27 heavy (non-hydrogen) atoms. The molecule has 1 aromatic carbocycles. The van der Waals surface area contributed by atoms with E-state index < -0.39 is 0 Å². The highest BCUT2D eigenvalue weighted by Crippen LogP contribution is 2.32. The third kappa shape index (κ3) is 4.90. The van der Waals surface area contributed by atoms with Crippen molar-refractivity contribution >= 4 is 11.6 Å². The van der Waals surface area contributed by atoms with E-state index in [1.807, 2.05) is 23.2 Å². The van der Waals surface area contributed by atoms with Crippen molar-refractivity contribution in [3.05, 3.63) is 65.7 Å². The number of aromatic nitrogens is 1. The van der Waals surface area contributed by atoms with Gasteiger partial charge in [-0.25, -0.2) is 4.39 Å². The molecule has 0 bridgehead atoms. The molecular weight excluding hydrogens is 343 g/mol. The number of hydrogen-bond acceptors (Lipinski definition) is 4. The minimum absolute atomic E-state index is 0.210. The number of unbranched alkanes of at least 4 members (excludes halogenated alkanes) is 2. The predicted molar refractivity (Wildman–Crippen MR) is 104 cm³/mol. The van der Waals surface area contributed by atoms with Crippen LogP contribution in [-0.2, 0) is 11.3 Å². The molecule has 5 nitrogen and oxygen atoms in total. The number of hydrogen-bond donors (Lipinski definition) is 1. The van der Waals surface area contributed by atoms with Crippen LogP contribution in [-0.4, -0.2) is 28.2 Å². The zero-order valence-corrected chi connectivity index (χ0v) is 15.6. The fraction of sp³-hybridized carbons (Fsp3) is 0.381. The molecule has 1 N–H and O–H groups in total. The van der Waals surface area contributed by atoms with E-state index in [0.29, 0.717) is 30.8 Å². The molecule has 1 aliphatic heterocycles. The summed E-state index contributed by atoms with van der Waals surface area (Å²) in [4.78, 5) is 16.6. The minimum atomic E-state index is -0.254. The van der Waals surface area contributed by atoms with Crippen LogP contribution in [0.15, 0.2) is 53.9 Å². The zero-order valence-electron chi connectivity index (χ0n) is 15.6. The minimum Gasteiger partial charge on any atom is -0.347 e. The zero-order chi connectivity index (χ0) is 19.1. The summed E-state index contributed by atoms with van der Waals surface area (Å²) >= 11 is 0. The van der Waals surface area contributed by atoms with Gasteiger partial charge in [0.05, 0.1) is 6.04 Å². The quantitative estimate of drug-likeness (QED) is 0.721. The summed E-state index contributed by atoms with van der Waals surface area (Å²) in [6.45, 7) is 3.25. The maximum Gasteiger partial charge on any atom is 0.267 e. The first-order valence-electron chi connectivity index (χ1n) is 9.44. The lowest BCUT2D eigenvalue weighted by molar-refractivity contribution is -0.115. The van der Waals surface area contributed by atoms with Crippen LogP contribution in [0.2, 0.25) is 0 Å². The van der Waals surface area contributed by atoms with Gasteiger partial charge < -0.3 is 5.32 Å². The number of nitrogens with zero attached hydrogens (tertiary/aromatic N) is 3. The van der Waals surface area contributed by atoms with Crippen LogP contribution in [0.1, 0.15) is 49.8 Å². The molecule has 2 aromatic rings. The molecule has 142 valence electrons. The monoisotopic (exact) mass is 368 g/mol. The lowest BCUT2D eigenvalue weighted by atomic mass is 10.0. The first-order valence-corrected chi connectivity index (χ1v) is 9.44. The van der Waals surface area contributed by atoms with Gasteiger partial charge in [0.2, 0.25) is 0 Å². The van der Waals surface area contributed by atoms with Crippen molar-refractivity contribution < 1.29 is 9.18 Å². The van der Waals surface area contributed by atoms with Gasteiger partial charge in [-0.05, 0) is 24.1 Å². The third-order valence-electron chi connectivity index (χ3n) is 4.69. The van der Waals surface area contributed by atoms with Crippen molar-refractivity contribution in [1.29, 1.82) is 0 Å². The number of hydrazone groups is 1. The van der Waals surface area contributed by atoms with E-state index in [1.165, 1.54) is 6.07 Å². The Morgan fingerprint density at radius 2 is 2.11 bits per heavy atom. The highest BCUT2D eigenvalue weighted by molar-refractivity contribution is 6.39. The summed E-state index contributed by atoms with van der Waals surface area (Å²) in [5.74, 6) is -0.464. The summed E-state index contributed by atoms with van der Waals surface area (Å²) in [7, 11) is 0. The highest BCUT2D eigenvalue weighted by atomic mass is 19.1. The van der Waals surface area contributed by atoms with Gasteiger partial charge in [0.15, 0.2) is 0 Å². The SMILES string of the molecule is CCCCCN1N=C(C(=O)NCc2cccnc2)CC1c1ccccc1F. The van der Waals surface area contributed by atoms with Crippen LogP contribution in [0.25, 0.3) is 0 Å². The Hall–Kier alpha value is -2.76. The molecule has 0 saturated carbocycles. The molecule has 0 saturated heterocycles. The molecule has 0 spiro atoms. The van der Waals surface area contributed by atoms with Crippen molar-refractivity contribution in [2.45, 2.75) is 45.2 Å². The summed E-state index contributed by atoms with van der Waals surface area (Å²) in [5.41, 5.74) is 1.96. The second-order valence-electron chi connectivity index (χ2n) is 6.70. The summed E-state index contributed by atoms with van der Waals surface area (Å²) in [6, 6.07) is 10.2. The number of carbonyl (C=O) groups excluding carboxylic acids is 1. The van der Waals surface area contributed by atoms with Crippen LogP contribution in [0.5, 0.6) is 0 Å². The van der Waals surface area contributed by atoms with Gasteiger partial charge in [-0.15, -0.1) is 0 Å². The van der Waals surface area contributed by atoms with Crippen LogP contribution in [0.3, 0.4) is 0 Å².